The second-order valence-electron chi connectivity index (χ2n) is 10.8. The molecule has 1 aromatic heterocycles. The van der Waals surface area contributed by atoms with Crippen LogP contribution in [0.1, 0.15) is 83.1 Å². The van der Waals surface area contributed by atoms with Crippen LogP contribution in [0, 0.1) is 28.6 Å². The molecular formula is C24H34O4. The molecule has 0 spiro atoms. The molecule has 0 bridgehead atoms. The number of aliphatic hydroxyl groups is 2. The van der Waals surface area contributed by atoms with E-state index in [0.717, 1.165) is 56.9 Å². The Morgan fingerprint density at radius 2 is 1.82 bits per heavy atom. The van der Waals surface area contributed by atoms with E-state index in [1.165, 1.54) is 12.5 Å². The van der Waals surface area contributed by atoms with Gasteiger partial charge in [-0.25, -0.2) is 4.79 Å². The Balaban J connectivity index is 1.48. The Kier molecular flexibility index (Phi) is 4.17. The van der Waals surface area contributed by atoms with Crippen LogP contribution in [0.5, 0.6) is 0 Å². The summed E-state index contributed by atoms with van der Waals surface area (Å²) in [6, 6.07) is 3.42. The van der Waals surface area contributed by atoms with E-state index in [9.17, 15) is 15.0 Å². The SMILES string of the molecule is C[C@]12CC[C@H](O)C[C@@H]1CC[C@H]1[C@H]2CC[C@@]2(C)[C@H](c3ccc(=O)oc3)CC[C@]12O. The van der Waals surface area contributed by atoms with Crippen LogP contribution in [0.15, 0.2) is 27.6 Å². The number of hydrogen-bond acceptors (Lipinski definition) is 4. The lowest BCUT2D eigenvalue weighted by atomic mass is 9.43. The maximum absolute atomic E-state index is 12.2. The Morgan fingerprint density at radius 3 is 2.57 bits per heavy atom. The molecule has 4 aliphatic carbocycles. The van der Waals surface area contributed by atoms with Crippen LogP contribution in [-0.4, -0.2) is 21.9 Å². The van der Waals surface area contributed by atoms with E-state index in [4.69, 9.17) is 4.42 Å². The van der Waals surface area contributed by atoms with Crippen LogP contribution in [-0.2, 0) is 0 Å². The van der Waals surface area contributed by atoms with Gasteiger partial charge in [-0.1, -0.05) is 13.8 Å². The molecule has 4 saturated carbocycles. The Morgan fingerprint density at radius 1 is 1.00 bits per heavy atom. The maximum Gasteiger partial charge on any atom is 0.335 e. The third-order valence-electron chi connectivity index (χ3n) is 9.95. The summed E-state index contributed by atoms with van der Waals surface area (Å²) in [5, 5.41) is 22.4. The molecule has 4 heteroatoms. The second-order valence-corrected chi connectivity index (χ2v) is 10.8. The van der Waals surface area contributed by atoms with Crippen molar-refractivity contribution in [1.29, 1.82) is 0 Å². The van der Waals surface area contributed by atoms with Gasteiger partial charge in [-0.3, -0.25) is 0 Å². The summed E-state index contributed by atoms with van der Waals surface area (Å²) >= 11 is 0. The molecule has 4 fully saturated rings. The highest BCUT2D eigenvalue weighted by molar-refractivity contribution is 5.27. The predicted molar refractivity (Wildman–Crippen MR) is 107 cm³/mol. The van der Waals surface area contributed by atoms with Crippen molar-refractivity contribution >= 4 is 0 Å². The standard InChI is InChI=1S/C24H34O4/c1-22-10-7-17(25)13-16(22)4-5-20-19(22)8-11-23(2)18(9-12-24(20,23)27)15-3-6-21(26)28-14-15/h3,6,14,16-20,25,27H,4-5,7-13H2,1-2H3/t16-,17-,18-,19+,20-,22-,23-,24-/m0/s1. The quantitative estimate of drug-likeness (QED) is 0.757. The first-order valence-corrected chi connectivity index (χ1v) is 11.3. The van der Waals surface area contributed by atoms with Gasteiger partial charge in [0.1, 0.15) is 0 Å². The van der Waals surface area contributed by atoms with Gasteiger partial charge in [-0.2, -0.15) is 0 Å². The summed E-state index contributed by atoms with van der Waals surface area (Å²) in [7, 11) is 0. The number of rotatable bonds is 1. The first-order valence-electron chi connectivity index (χ1n) is 11.3. The van der Waals surface area contributed by atoms with Gasteiger partial charge in [0.2, 0.25) is 0 Å². The molecule has 0 saturated heterocycles. The van der Waals surface area contributed by atoms with Crippen LogP contribution in [0.4, 0.5) is 0 Å². The van der Waals surface area contributed by atoms with Crippen molar-refractivity contribution in [2.75, 3.05) is 0 Å². The molecule has 0 aromatic carbocycles. The fourth-order valence-electron chi connectivity index (χ4n) is 8.30. The van der Waals surface area contributed by atoms with Crippen molar-refractivity contribution in [1.82, 2.24) is 0 Å². The molecule has 8 atom stereocenters. The molecule has 0 unspecified atom stereocenters. The van der Waals surface area contributed by atoms with Crippen LogP contribution >= 0.6 is 0 Å². The van der Waals surface area contributed by atoms with Gasteiger partial charge < -0.3 is 14.6 Å². The zero-order valence-electron chi connectivity index (χ0n) is 17.2. The Labute approximate surface area is 167 Å². The van der Waals surface area contributed by atoms with E-state index < -0.39 is 5.60 Å². The minimum atomic E-state index is -0.638. The molecule has 1 aromatic rings. The normalized spacial score (nSPS) is 50.5. The van der Waals surface area contributed by atoms with Gasteiger partial charge in [0, 0.05) is 11.5 Å². The van der Waals surface area contributed by atoms with Crippen LogP contribution in [0.2, 0.25) is 0 Å². The first kappa shape index (κ1) is 18.9. The van der Waals surface area contributed by atoms with E-state index in [1.54, 1.807) is 6.26 Å². The molecule has 154 valence electrons. The molecule has 28 heavy (non-hydrogen) atoms. The molecule has 1 heterocycles. The number of fused-ring (bicyclic) bond motifs is 5. The second kappa shape index (κ2) is 6.18. The van der Waals surface area contributed by atoms with Crippen LogP contribution in [0.25, 0.3) is 0 Å². The van der Waals surface area contributed by atoms with Gasteiger partial charge in [0.15, 0.2) is 0 Å². The zero-order valence-corrected chi connectivity index (χ0v) is 17.2. The van der Waals surface area contributed by atoms with Crippen LogP contribution < -0.4 is 5.63 Å². The fourth-order valence-corrected chi connectivity index (χ4v) is 8.30. The molecule has 0 amide bonds. The van der Waals surface area contributed by atoms with Gasteiger partial charge >= 0.3 is 5.63 Å². The van der Waals surface area contributed by atoms with E-state index in [-0.39, 0.29) is 28.5 Å². The summed E-state index contributed by atoms with van der Waals surface area (Å²) in [5.41, 5.74) is 0.219. The summed E-state index contributed by atoms with van der Waals surface area (Å²) < 4.78 is 5.17. The van der Waals surface area contributed by atoms with Crippen molar-refractivity contribution in [3.8, 4) is 0 Å². The number of aliphatic hydroxyl groups excluding tert-OH is 1. The summed E-state index contributed by atoms with van der Waals surface area (Å²) in [6.45, 7) is 4.73. The molecule has 5 rings (SSSR count). The van der Waals surface area contributed by atoms with Crippen molar-refractivity contribution in [2.45, 2.75) is 89.3 Å². The van der Waals surface area contributed by atoms with Crippen LogP contribution in [0.3, 0.4) is 0 Å². The molecule has 4 aliphatic rings. The van der Waals surface area contributed by atoms with Gasteiger partial charge in [-0.15, -0.1) is 0 Å². The lowest BCUT2D eigenvalue weighted by molar-refractivity contribution is -0.205. The molecule has 0 aliphatic heterocycles. The van der Waals surface area contributed by atoms with Crippen molar-refractivity contribution < 1.29 is 14.6 Å². The Hall–Kier alpha value is -1.13. The van der Waals surface area contributed by atoms with Crippen molar-refractivity contribution in [3.05, 3.63) is 34.4 Å². The zero-order chi connectivity index (χ0) is 19.7. The summed E-state index contributed by atoms with van der Waals surface area (Å²) in [5.74, 6) is 1.76. The van der Waals surface area contributed by atoms with E-state index in [1.807, 2.05) is 6.07 Å². The monoisotopic (exact) mass is 386 g/mol. The molecule has 4 nitrogen and oxygen atoms in total. The highest BCUT2D eigenvalue weighted by Gasteiger charge is 2.67. The average molecular weight is 387 g/mol. The van der Waals surface area contributed by atoms with Gasteiger partial charge in [0.05, 0.1) is 18.0 Å². The third-order valence-corrected chi connectivity index (χ3v) is 9.95. The topological polar surface area (TPSA) is 70.7 Å². The maximum atomic E-state index is 12.2. The minimum Gasteiger partial charge on any atom is -0.431 e. The van der Waals surface area contributed by atoms with E-state index >= 15 is 0 Å². The predicted octanol–water partition coefficient (Wildman–Crippen LogP) is 4.24. The van der Waals surface area contributed by atoms with Crippen molar-refractivity contribution in [2.24, 2.45) is 28.6 Å². The van der Waals surface area contributed by atoms with E-state index in [2.05, 4.69) is 13.8 Å². The average Bonchev–Trinajstić information content (AvgIpc) is 2.95. The summed E-state index contributed by atoms with van der Waals surface area (Å²) in [6.07, 6.45) is 10.7. The van der Waals surface area contributed by atoms with Gasteiger partial charge in [-0.05, 0) is 98.5 Å². The molecule has 0 radical (unpaired) electrons. The molecule has 2 N–H and O–H groups in total. The largest absolute Gasteiger partial charge is 0.431 e. The third kappa shape index (κ3) is 2.40. The number of hydrogen-bond donors (Lipinski definition) is 2. The highest BCUT2D eigenvalue weighted by atomic mass is 16.4. The minimum absolute atomic E-state index is 0.129. The van der Waals surface area contributed by atoms with Gasteiger partial charge in [0.25, 0.3) is 0 Å². The lowest BCUT2D eigenvalue weighted by Gasteiger charge is -2.63. The fraction of sp³-hybridized carbons (Fsp3) is 0.792. The molecular weight excluding hydrogens is 352 g/mol. The summed E-state index contributed by atoms with van der Waals surface area (Å²) in [4.78, 5) is 11.4. The van der Waals surface area contributed by atoms with Crippen molar-refractivity contribution in [3.63, 3.8) is 0 Å². The highest BCUT2D eigenvalue weighted by Crippen LogP contribution is 2.70. The smallest absolute Gasteiger partial charge is 0.335 e. The Bertz CT molecular complexity index is 797. The first-order chi connectivity index (χ1) is 13.3. The lowest BCUT2D eigenvalue weighted by Crippen LogP contribution is -2.62. The van der Waals surface area contributed by atoms with E-state index in [0.29, 0.717) is 17.8 Å².